The Morgan fingerprint density at radius 2 is 1.93 bits per heavy atom. The number of nitrogens with one attached hydrogen (secondary N) is 2. The monoisotopic (exact) mass is 435 g/mol. The lowest BCUT2D eigenvalue weighted by molar-refractivity contribution is -0.134. The summed E-state index contributed by atoms with van der Waals surface area (Å²) in [5.74, 6) is 0.170. The molecule has 2 N–H and O–H groups in total. The lowest BCUT2D eigenvalue weighted by Crippen LogP contribution is -2.48. The number of nitrogens with zero attached hydrogens (tertiary/aromatic N) is 1. The van der Waals surface area contributed by atoms with Gasteiger partial charge >= 0.3 is 0 Å². The number of carbonyl (C=O) groups excluding carboxylic acids is 2. The summed E-state index contributed by atoms with van der Waals surface area (Å²) in [7, 11) is 1.63. The first-order valence-electron chi connectivity index (χ1n) is 9.77. The number of hydrogen-bond donors (Lipinski definition) is 2. The van der Waals surface area contributed by atoms with E-state index in [0.717, 1.165) is 17.9 Å². The van der Waals surface area contributed by atoms with Gasteiger partial charge in [-0.2, -0.15) is 0 Å². The van der Waals surface area contributed by atoms with E-state index in [2.05, 4.69) is 10.6 Å². The lowest BCUT2D eigenvalue weighted by atomic mass is 10.0. The van der Waals surface area contributed by atoms with Crippen LogP contribution in [0.25, 0.3) is 0 Å². The average molecular weight is 436 g/mol. The predicted molar refractivity (Wildman–Crippen MR) is 116 cm³/mol. The summed E-state index contributed by atoms with van der Waals surface area (Å²) < 4.78 is 18.4. The summed E-state index contributed by atoms with van der Waals surface area (Å²) >= 11 is 0. The molecule has 1 fully saturated rings. The van der Waals surface area contributed by atoms with Gasteiger partial charge in [0.2, 0.25) is 5.91 Å². The predicted octanol–water partition coefficient (Wildman–Crippen LogP) is 2.94. The van der Waals surface area contributed by atoms with Crippen molar-refractivity contribution in [3.63, 3.8) is 0 Å². The van der Waals surface area contributed by atoms with Crippen molar-refractivity contribution < 1.29 is 18.7 Å². The average Bonchev–Trinajstić information content (AvgIpc) is 2.76. The Kier molecular flexibility index (Phi) is 9.08. The van der Waals surface area contributed by atoms with Crippen LogP contribution in [-0.2, 0) is 4.79 Å². The SMILES string of the molecule is COc1ccccc1C1CNCCN1C(=O)CCCNC(=O)c1ccc(F)cc1.Cl. The zero-order valence-electron chi connectivity index (χ0n) is 16.9. The molecule has 2 amide bonds. The highest BCUT2D eigenvalue weighted by atomic mass is 35.5. The molecule has 1 heterocycles. The zero-order chi connectivity index (χ0) is 20.6. The second-order valence-corrected chi connectivity index (χ2v) is 6.92. The van der Waals surface area contributed by atoms with Crippen LogP contribution in [0.5, 0.6) is 5.75 Å². The van der Waals surface area contributed by atoms with Crippen LogP contribution in [0.4, 0.5) is 4.39 Å². The fourth-order valence-corrected chi connectivity index (χ4v) is 3.51. The maximum absolute atomic E-state index is 12.9. The van der Waals surface area contributed by atoms with Crippen LogP contribution in [-0.4, -0.2) is 50.0 Å². The molecule has 1 aliphatic rings. The molecule has 3 rings (SSSR count). The van der Waals surface area contributed by atoms with Crippen molar-refractivity contribution in [3.05, 3.63) is 65.5 Å². The maximum Gasteiger partial charge on any atom is 0.251 e. The largest absolute Gasteiger partial charge is 0.496 e. The number of halogens is 2. The Morgan fingerprint density at radius 1 is 1.20 bits per heavy atom. The Labute approximate surface area is 182 Å². The zero-order valence-corrected chi connectivity index (χ0v) is 17.7. The molecule has 162 valence electrons. The van der Waals surface area contributed by atoms with Gasteiger partial charge < -0.3 is 20.3 Å². The summed E-state index contributed by atoms with van der Waals surface area (Å²) in [5.41, 5.74) is 1.39. The molecule has 0 radical (unpaired) electrons. The van der Waals surface area contributed by atoms with Crippen molar-refractivity contribution >= 4 is 24.2 Å². The number of carbonyl (C=O) groups is 2. The van der Waals surface area contributed by atoms with Crippen LogP contribution >= 0.6 is 12.4 Å². The maximum atomic E-state index is 12.9. The summed E-state index contributed by atoms with van der Waals surface area (Å²) in [5, 5.41) is 6.11. The van der Waals surface area contributed by atoms with E-state index in [1.54, 1.807) is 7.11 Å². The molecule has 0 aliphatic carbocycles. The Bertz CT molecular complexity index is 848. The van der Waals surface area contributed by atoms with Gasteiger partial charge in [-0.05, 0) is 36.8 Å². The van der Waals surface area contributed by atoms with Crippen molar-refractivity contribution in [1.29, 1.82) is 0 Å². The second-order valence-electron chi connectivity index (χ2n) is 6.92. The van der Waals surface area contributed by atoms with Gasteiger partial charge in [-0.15, -0.1) is 12.4 Å². The van der Waals surface area contributed by atoms with Gasteiger partial charge in [-0.3, -0.25) is 9.59 Å². The van der Waals surface area contributed by atoms with Crippen LogP contribution in [0.15, 0.2) is 48.5 Å². The first-order chi connectivity index (χ1) is 14.1. The van der Waals surface area contributed by atoms with Gasteiger partial charge in [-0.1, -0.05) is 18.2 Å². The molecule has 1 atom stereocenters. The van der Waals surface area contributed by atoms with E-state index in [0.29, 0.717) is 38.0 Å². The minimum Gasteiger partial charge on any atom is -0.496 e. The van der Waals surface area contributed by atoms with Crippen molar-refractivity contribution in [2.75, 3.05) is 33.3 Å². The first kappa shape index (κ1) is 23.6. The molecule has 2 aromatic rings. The number of amides is 2. The Morgan fingerprint density at radius 3 is 2.67 bits per heavy atom. The van der Waals surface area contributed by atoms with Crippen LogP contribution in [0.3, 0.4) is 0 Å². The molecule has 0 bridgehead atoms. The van der Waals surface area contributed by atoms with E-state index in [-0.39, 0.29) is 36.1 Å². The third-order valence-electron chi connectivity index (χ3n) is 5.02. The third kappa shape index (κ3) is 5.93. The van der Waals surface area contributed by atoms with Gasteiger partial charge in [0.05, 0.1) is 13.2 Å². The molecule has 2 aromatic carbocycles. The minimum absolute atomic E-state index is 0. The third-order valence-corrected chi connectivity index (χ3v) is 5.02. The van der Waals surface area contributed by atoms with Crippen LogP contribution in [0.1, 0.15) is 34.8 Å². The van der Waals surface area contributed by atoms with Crippen molar-refractivity contribution in [2.24, 2.45) is 0 Å². The fraction of sp³-hybridized carbons (Fsp3) is 0.364. The highest BCUT2D eigenvalue weighted by molar-refractivity contribution is 5.94. The minimum atomic E-state index is -0.382. The van der Waals surface area contributed by atoms with E-state index in [4.69, 9.17) is 4.74 Å². The van der Waals surface area contributed by atoms with E-state index in [1.165, 1.54) is 24.3 Å². The van der Waals surface area contributed by atoms with Gasteiger partial charge in [0.1, 0.15) is 11.6 Å². The summed E-state index contributed by atoms with van der Waals surface area (Å²) in [6, 6.07) is 13.0. The number of para-hydroxylation sites is 1. The Balaban J connectivity index is 0.00000320. The van der Waals surface area contributed by atoms with Gasteiger partial charge in [0.25, 0.3) is 5.91 Å². The number of piperazine rings is 1. The van der Waals surface area contributed by atoms with E-state index < -0.39 is 0 Å². The molecule has 6 nitrogen and oxygen atoms in total. The summed E-state index contributed by atoms with van der Waals surface area (Å²) in [4.78, 5) is 26.8. The molecular formula is C22H27ClFN3O3. The van der Waals surface area contributed by atoms with E-state index >= 15 is 0 Å². The highest BCUT2D eigenvalue weighted by Crippen LogP contribution is 2.30. The fourth-order valence-electron chi connectivity index (χ4n) is 3.51. The van der Waals surface area contributed by atoms with Crippen LogP contribution in [0, 0.1) is 5.82 Å². The van der Waals surface area contributed by atoms with Crippen LogP contribution < -0.4 is 15.4 Å². The van der Waals surface area contributed by atoms with Crippen LogP contribution in [0.2, 0.25) is 0 Å². The first-order valence-corrected chi connectivity index (χ1v) is 9.77. The molecule has 8 heteroatoms. The lowest BCUT2D eigenvalue weighted by Gasteiger charge is -2.37. The quantitative estimate of drug-likeness (QED) is 0.656. The van der Waals surface area contributed by atoms with Crippen molar-refractivity contribution in [3.8, 4) is 5.75 Å². The van der Waals surface area contributed by atoms with Crippen molar-refractivity contribution in [1.82, 2.24) is 15.5 Å². The highest BCUT2D eigenvalue weighted by Gasteiger charge is 2.29. The standard InChI is InChI=1S/C22H26FN3O3.ClH/c1-29-20-6-3-2-5-18(20)19-15-24-13-14-26(19)21(27)7-4-12-25-22(28)16-8-10-17(23)11-9-16;/h2-3,5-6,8-11,19,24H,4,7,12-15H2,1H3,(H,25,28);1H. The normalized spacial score (nSPS) is 15.8. The van der Waals surface area contributed by atoms with E-state index in [1.807, 2.05) is 29.2 Å². The van der Waals surface area contributed by atoms with E-state index in [9.17, 15) is 14.0 Å². The summed E-state index contributed by atoms with van der Waals surface area (Å²) in [6.45, 7) is 2.43. The molecule has 0 spiro atoms. The molecule has 0 saturated carbocycles. The molecule has 1 saturated heterocycles. The number of hydrogen-bond acceptors (Lipinski definition) is 4. The Hall–Kier alpha value is -2.64. The molecule has 1 unspecified atom stereocenters. The second kappa shape index (κ2) is 11.5. The van der Waals surface area contributed by atoms with Crippen molar-refractivity contribution in [2.45, 2.75) is 18.9 Å². The van der Waals surface area contributed by atoms with Gasteiger partial charge in [-0.25, -0.2) is 4.39 Å². The number of methoxy groups -OCH3 is 1. The number of rotatable bonds is 7. The van der Waals surface area contributed by atoms with Gasteiger partial charge in [0, 0.05) is 43.7 Å². The van der Waals surface area contributed by atoms with Gasteiger partial charge in [0.15, 0.2) is 0 Å². The topological polar surface area (TPSA) is 70.7 Å². The smallest absolute Gasteiger partial charge is 0.251 e. The summed E-state index contributed by atoms with van der Waals surface area (Å²) in [6.07, 6.45) is 0.879. The number of benzene rings is 2. The molecular weight excluding hydrogens is 409 g/mol. The molecule has 30 heavy (non-hydrogen) atoms. The molecule has 1 aliphatic heterocycles. The number of ether oxygens (including phenoxy) is 1. The molecule has 0 aromatic heterocycles.